The number of halogens is 3. The molecule has 1 aliphatic heterocycles. The molecular weight excluding hydrogens is 469 g/mol. The number of hydrogen-bond donors (Lipinski definition) is 2. The van der Waals surface area contributed by atoms with E-state index in [1.807, 2.05) is 36.6 Å². The first-order chi connectivity index (χ1) is 16.5. The third-order valence-electron chi connectivity index (χ3n) is 5.13. The van der Waals surface area contributed by atoms with Gasteiger partial charge in [-0.25, -0.2) is 14.8 Å². The van der Waals surface area contributed by atoms with Crippen LogP contribution in [0.2, 0.25) is 0 Å². The Hall–Kier alpha value is -3.81. The van der Waals surface area contributed by atoms with E-state index in [0.717, 1.165) is 24.6 Å². The second-order valence-corrected chi connectivity index (χ2v) is 8.13. The molecule has 0 aliphatic carbocycles. The molecular formula is C21H25F3N8O3. The van der Waals surface area contributed by atoms with Gasteiger partial charge in [0.1, 0.15) is 0 Å². The largest absolute Gasteiger partial charge is 0.490 e. The Balaban J connectivity index is 0.000000429. The maximum Gasteiger partial charge on any atom is 0.490 e. The van der Waals surface area contributed by atoms with E-state index in [4.69, 9.17) is 9.90 Å². The van der Waals surface area contributed by atoms with Gasteiger partial charge in [0.2, 0.25) is 5.95 Å². The summed E-state index contributed by atoms with van der Waals surface area (Å²) in [5, 5.41) is 18.8. The number of nitrogens with zero attached hydrogens (tertiary/aromatic N) is 7. The van der Waals surface area contributed by atoms with Crippen LogP contribution in [0.1, 0.15) is 36.1 Å². The smallest absolute Gasteiger partial charge is 0.475 e. The quantitative estimate of drug-likeness (QED) is 0.558. The van der Waals surface area contributed by atoms with Gasteiger partial charge in [0.05, 0.1) is 11.6 Å². The molecule has 0 bridgehead atoms. The highest BCUT2D eigenvalue weighted by molar-refractivity contribution is 5.94. The fourth-order valence-electron chi connectivity index (χ4n) is 3.40. The fourth-order valence-corrected chi connectivity index (χ4v) is 3.40. The Morgan fingerprint density at radius 2 is 1.80 bits per heavy atom. The summed E-state index contributed by atoms with van der Waals surface area (Å²) in [6.45, 7) is 6.28. The molecule has 0 spiro atoms. The minimum atomic E-state index is -5.08. The zero-order valence-electron chi connectivity index (χ0n) is 19.3. The molecule has 4 rings (SSSR count). The normalized spacial score (nSPS) is 16.7. The van der Waals surface area contributed by atoms with Crippen molar-refractivity contribution in [3.63, 3.8) is 0 Å². The first-order valence-corrected chi connectivity index (χ1v) is 10.6. The highest BCUT2D eigenvalue weighted by atomic mass is 19.4. The average Bonchev–Trinajstić information content (AvgIpc) is 3.22. The van der Waals surface area contributed by atoms with E-state index in [9.17, 15) is 18.0 Å². The number of alkyl halides is 3. The summed E-state index contributed by atoms with van der Waals surface area (Å²) >= 11 is 0. The highest BCUT2D eigenvalue weighted by Crippen LogP contribution is 2.25. The third-order valence-corrected chi connectivity index (χ3v) is 5.13. The third kappa shape index (κ3) is 6.41. The molecule has 11 nitrogen and oxygen atoms in total. The van der Waals surface area contributed by atoms with Crippen molar-refractivity contribution < 1.29 is 27.9 Å². The number of nitrogens with one attached hydrogen (secondary N) is 1. The standard InChI is InChI=1S/C19H24N8O.C2HF3O2/c1-13(2)22-18(28)14-5-6-16-23-24-17(27(16)11-14)15-12-26(10-9-25(15)3)19-20-7-4-8-21-19;3-2(4,5)1(6)7/h4-8,11,13,15H,9-10,12H2,1-3H3,(H,22,28);(H,6,7). The van der Waals surface area contributed by atoms with Crippen molar-refractivity contribution in [1.82, 2.24) is 34.8 Å². The number of piperazine rings is 1. The number of anilines is 1. The van der Waals surface area contributed by atoms with E-state index in [-0.39, 0.29) is 18.0 Å². The van der Waals surface area contributed by atoms with Gasteiger partial charge < -0.3 is 15.3 Å². The van der Waals surface area contributed by atoms with Crippen LogP contribution < -0.4 is 10.2 Å². The van der Waals surface area contributed by atoms with Crippen LogP contribution in [0.4, 0.5) is 19.1 Å². The van der Waals surface area contributed by atoms with E-state index in [1.165, 1.54) is 0 Å². The molecule has 0 aromatic carbocycles. The Morgan fingerprint density at radius 1 is 1.14 bits per heavy atom. The summed E-state index contributed by atoms with van der Waals surface area (Å²) in [4.78, 5) is 34.4. The lowest BCUT2D eigenvalue weighted by Crippen LogP contribution is -2.48. The summed E-state index contributed by atoms with van der Waals surface area (Å²) in [6.07, 6.45) is 0.234. The number of aromatic nitrogens is 5. The number of pyridine rings is 1. The van der Waals surface area contributed by atoms with Crippen molar-refractivity contribution in [1.29, 1.82) is 0 Å². The van der Waals surface area contributed by atoms with Crippen molar-refractivity contribution >= 4 is 23.5 Å². The second-order valence-electron chi connectivity index (χ2n) is 8.13. The average molecular weight is 494 g/mol. The van der Waals surface area contributed by atoms with E-state index in [1.54, 1.807) is 18.5 Å². The van der Waals surface area contributed by atoms with Gasteiger partial charge >= 0.3 is 12.1 Å². The molecule has 4 heterocycles. The molecule has 14 heteroatoms. The van der Waals surface area contributed by atoms with Crippen LogP contribution in [0.3, 0.4) is 0 Å². The van der Waals surface area contributed by atoms with Crippen molar-refractivity contribution in [2.75, 3.05) is 31.6 Å². The molecule has 1 fully saturated rings. The number of carboxylic acids is 1. The van der Waals surface area contributed by atoms with Gasteiger partial charge in [-0.05, 0) is 39.1 Å². The minimum absolute atomic E-state index is 0.0102. The van der Waals surface area contributed by atoms with E-state index in [0.29, 0.717) is 18.1 Å². The molecule has 3 aromatic heterocycles. The number of hydrogen-bond acceptors (Lipinski definition) is 8. The summed E-state index contributed by atoms with van der Waals surface area (Å²) in [5.41, 5.74) is 1.31. The van der Waals surface area contributed by atoms with Crippen LogP contribution in [0, 0.1) is 0 Å². The van der Waals surface area contributed by atoms with Crippen molar-refractivity contribution in [3.8, 4) is 0 Å². The number of carboxylic acid groups (broad SMARTS) is 1. The predicted molar refractivity (Wildman–Crippen MR) is 119 cm³/mol. The molecule has 0 saturated carbocycles. The van der Waals surface area contributed by atoms with E-state index >= 15 is 0 Å². The van der Waals surface area contributed by atoms with Gasteiger partial charge in [-0.3, -0.25) is 14.1 Å². The number of likely N-dealkylation sites (N-methyl/N-ethyl adjacent to an activating group) is 1. The molecule has 1 amide bonds. The van der Waals surface area contributed by atoms with Gasteiger partial charge in [-0.1, -0.05) is 0 Å². The van der Waals surface area contributed by atoms with Crippen LogP contribution in [0.25, 0.3) is 5.65 Å². The Bertz CT molecular complexity index is 1170. The molecule has 2 N–H and O–H groups in total. The van der Waals surface area contributed by atoms with Gasteiger partial charge in [0.15, 0.2) is 11.5 Å². The number of aliphatic carboxylic acids is 1. The molecule has 35 heavy (non-hydrogen) atoms. The maximum atomic E-state index is 12.4. The molecule has 1 saturated heterocycles. The van der Waals surface area contributed by atoms with Crippen molar-refractivity contribution in [2.24, 2.45) is 0 Å². The lowest BCUT2D eigenvalue weighted by molar-refractivity contribution is -0.192. The molecule has 1 aliphatic rings. The zero-order valence-corrected chi connectivity index (χ0v) is 19.3. The van der Waals surface area contributed by atoms with Gasteiger partial charge in [-0.2, -0.15) is 13.2 Å². The lowest BCUT2D eigenvalue weighted by Gasteiger charge is -2.38. The Labute approximate surface area is 198 Å². The summed E-state index contributed by atoms with van der Waals surface area (Å²) in [6, 6.07) is 5.50. The van der Waals surface area contributed by atoms with E-state index < -0.39 is 12.1 Å². The zero-order chi connectivity index (χ0) is 25.8. The Morgan fingerprint density at radius 3 is 2.40 bits per heavy atom. The van der Waals surface area contributed by atoms with Gasteiger partial charge in [-0.15, -0.1) is 10.2 Å². The molecule has 3 aromatic rings. The summed E-state index contributed by atoms with van der Waals surface area (Å²) in [5.74, 6) is -1.34. The van der Waals surface area contributed by atoms with Crippen molar-refractivity contribution in [2.45, 2.75) is 32.1 Å². The number of carbonyl (C=O) groups is 2. The predicted octanol–water partition coefficient (Wildman–Crippen LogP) is 1.78. The maximum absolute atomic E-state index is 12.4. The van der Waals surface area contributed by atoms with Crippen LogP contribution >= 0.6 is 0 Å². The first-order valence-electron chi connectivity index (χ1n) is 10.6. The topological polar surface area (TPSA) is 129 Å². The highest BCUT2D eigenvalue weighted by Gasteiger charge is 2.38. The number of fused-ring (bicyclic) bond motifs is 1. The SMILES string of the molecule is CC(C)NC(=O)c1ccc2nnc(C3CN(c4ncccn4)CCN3C)n2c1.O=C(O)C(F)(F)F. The van der Waals surface area contributed by atoms with Gasteiger partial charge in [0.25, 0.3) is 5.91 Å². The number of amides is 1. The fraction of sp³-hybridized carbons (Fsp3) is 0.429. The van der Waals surface area contributed by atoms with Crippen LogP contribution in [-0.2, 0) is 4.79 Å². The van der Waals surface area contributed by atoms with Crippen LogP contribution in [0.5, 0.6) is 0 Å². The van der Waals surface area contributed by atoms with E-state index in [2.05, 4.69) is 42.3 Å². The molecule has 188 valence electrons. The number of carbonyl (C=O) groups excluding carboxylic acids is 1. The summed E-state index contributed by atoms with van der Waals surface area (Å²) < 4.78 is 33.6. The molecule has 1 unspecified atom stereocenters. The summed E-state index contributed by atoms with van der Waals surface area (Å²) in [7, 11) is 2.07. The second kappa shape index (κ2) is 10.6. The van der Waals surface area contributed by atoms with Crippen LogP contribution in [0.15, 0.2) is 36.8 Å². The Kier molecular flexibility index (Phi) is 7.84. The van der Waals surface area contributed by atoms with Crippen LogP contribution in [-0.4, -0.2) is 85.3 Å². The minimum Gasteiger partial charge on any atom is -0.475 e. The first kappa shape index (κ1) is 25.8. The monoisotopic (exact) mass is 494 g/mol. The van der Waals surface area contributed by atoms with Crippen molar-refractivity contribution in [3.05, 3.63) is 48.2 Å². The number of rotatable bonds is 4. The molecule has 1 atom stereocenters. The molecule has 0 radical (unpaired) electrons. The van der Waals surface area contributed by atoms with Gasteiger partial charge in [0, 0.05) is 44.3 Å². The lowest BCUT2D eigenvalue weighted by atomic mass is 10.1.